The predicted octanol–water partition coefficient (Wildman–Crippen LogP) is 2.22. The number of carbonyl (C=O) groups is 1. The molecule has 1 aromatic carbocycles. The fraction of sp³-hybridized carbons (Fsp3) is 0.462. The number of amides is 2. The lowest BCUT2D eigenvalue weighted by Gasteiger charge is -2.24. The van der Waals surface area contributed by atoms with Crippen molar-refractivity contribution in [1.29, 1.82) is 0 Å². The number of para-hydroxylation sites is 1. The van der Waals surface area contributed by atoms with Crippen LogP contribution in [-0.4, -0.2) is 39.8 Å². The van der Waals surface area contributed by atoms with E-state index < -0.39 is 10.0 Å². The smallest absolute Gasteiger partial charge is 0.315 e. The predicted molar refractivity (Wildman–Crippen MR) is 88.2 cm³/mol. The standard InChI is InChI=1S/C13H17Cl2N3O3S/c1-22(20,21)18(12-10(14)3-2-4-11(12)15)8-7-16-13(19)17-9-5-6-9/h2-4,9H,5-8H2,1H3,(H2,16,17,19). The summed E-state index contributed by atoms with van der Waals surface area (Å²) in [7, 11) is -3.58. The van der Waals surface area contributed by atoms with Gasteiger partial charge in [0.05, 0.1) is 28.5 Å². The number of sulfonamides is 1. The summed E-state index contributed by atoms with van der Waals surface area (Å²) in [5, 5.41) is 5.85. The number of carbonyl (C=O) groups excluding carboxylic acids is 1. The Morgan fingerprint density at radius 2 is 1.91 bits per heavy atom. The zero-order valence-electron chi connectivity index (χ0n) is 12.0. The number of rotatable bonds is 6. The van der Waals surface area contributed by atoms with E-state index in [1.54, 1.807) is 18.2 Å². The maximum Gasteiger partial charge on any atom is 0.315 e. The van der Waals surface area contributed by atoms with Crippen LogP contribution in [0.1, 0.15) is 12.8 Å². The highest BCUT2D eigenvalue weighted by Gasteiger charge is 2.24. The van der Waals surface area contributed by atoms with Crippen LogP contribution in [0.25, 0.3) is 0 Å². The Morgan fingerprint density at radius 3 is 2.41 bits per heavy atom. The van der Waals surface area contributed by atoms with Crippen LogP contribution in [0.4, 0.5) is 10.5 Å². The Morgan fingerprint density at radius 1 is 1.32 bits per heavy atom. The average Bonchev–Trinajstić information content (AvgIpc) is 3.19. The number of hydrogen-bond donors (Lipinski definition) is 2. The first-order valence-corrected chi connectivity index (χ1v) is 9.35. The van der Waals surface area contributed by atoms with Gasteiger partial charge < -0.3 is 10.6 Å². The molecular weight excluding hydrogens is 349 g/mol. The second-order valence-electron chi connectivity index (χ2n) is 5.08. The second-order valence-corrected chi connectivity index (χ2v) is 7.80. The van der Waals surface area contributed by atoms with E-state index in [1.807, 2.05) is 0 Å². The number of nitrogens with one attached hydrogen (secondary N) is 2. The molecule has 9 heteroatoms. The van der Waals surface area contributed by atoms with Gasteiger partial charge in [0.2, 0.25) is 10.0 Å². The zero-order valence-corrected chi connectivity index (χ0v) is 14.3. The van der Waals surface area contributed by atoms with Gasteiger partial charge in [-0.25, -0.2) is 13.2 Å². The molecule has 0 aromatic heterocycles. The average molecular weight is 366 g/mol. The van der Waals surface area contributed by atoms with Crippen LogP contribution in [-0.2, 0) is 10.0 Å². The maximum atomic E-state index is 12.0. The van der Waals surface area contributed by atoms with Crippen LogP contribution in [0.2, 0.25) is 10.0 Å². The molecule has 1 aliphatic carbocycles. The second kappa shape index (κ2) is 6.93. The molecule has 22 heavy (non-hydrogen) atoms. The van der Waals surface area contributed by atoms with Gasteiger partial charge >= 0.3 is 6.03 Å². The van der Waals surface area contributed by atoms with Gasteiger partial charge in [-0.1, -0.05) is 29.3 Å². The molecular formula is C13H17Cl2N3O3S. The number of benzene rings is 1. The lowest BCUT2D eigenvalue weighted by molar-refractivity contribution is 0.241. The molecule has 0 saturated heterocycles. The van der Waals surface area contributed by atoms with Gasteiger partial charge in [0.25, 0.3) is 0 Å². The van der Waals surface area contributed by atoms with Crippen molar-refractivity contribution in [2.45, 2.75) is 18.9 Å². The highest BCUT2D eigenvalue weighted by Crippen LogP contribution is 2.34. The Labute approximate surface area is 139 Å². The largest absolute Gasteiger partial charge is 0.336 e. The molecule has 0 spiro atoms. The molecule has 0 unspecified atom stereocenters. The van der Waals surface area contributed by atoms with Gasteiger partial charge in [0, 0.05) is 12.6 Å². The molecule has 1 aromatic rings. The minimum atomic E-state index is -3.58. The van der Waals surface area contributed by atoms with Crippen molar-refractivity contribution >= 4 is 44.9 Å². The lowest BCUT2D eigenvalue weighted by atomic mass is 10.3. The van der Waals surface area contributed by atoms with Crippen molar-refractivity contribution in [3.05, 3.63) is 28.2 Å². The Kier molecular flexibility index (Phi) is 5.41. The third-order valence-corrected chi connectivity index (χ3v) is 4.88. The van der Waals surface area contributed by atoms with Crippen LogP contribution >= 0.6 is 23.2 Å². The summed E-state index contributed by atoms with van der Waals surface area (Å²) in [6, 6.07) is 4.70. The van der Waals surface area contributed by atoms with Crippen LogP contribution in [0.5, 0.6) is 0 Å². The van der Waals surface area contributed by atoms with E-state index in [9.17, 15) is 13.2 Å². The number of anilines is 1. The Bertz CT molecular complexity index is 642. The molecule has 0 atom stereocenters. The van der Waals surface area contributed by atoms with E-state index in [1.165, 1.54) is 0 Å². The van der Waals surface area contributed by atoms with Crippen molar-refractivity contribution < 1.29 is 13.2 Å². The van der Waals surface area contributed by atoms with Gasteiger partial charge in [-0.2, -0.15) is 0 Å². The molecule has 0 radical (unpaired) electrons. The SMILES string of the molecule is CS(=O)(=O)N(CCNC(=O)NC1CC1)c1c(Cl)cccc1Cl. The third kappa shape index (κ3) is 4.66. The molecule has 6 nitrogen and oxygen atoms in total. The Balaban J connectivity index is 2.05. The summed E-state index contributed by atoms with van der Waals surface area (Å²) >= 11 is 12.1. The molecule has 2 N–H and O–H groups in total. The van der Waals surface area contributed by atoms with E-state index in [0.717, 1.165) is 23.4 Å². The van der Waals surface area contributed by atoms with Crippen molar-refractivity contribution in [3.8, 4) is 0 Å². The van der Waals surface area contributed by atoms with Gasteiger partial charge in [-0.15, -0.1) is 0 Å². The molecule has 1 saturated carbocycles. The fourth-order valence-corrected chi connectivity index (χ4v) is 3.56. The quantitative estimate of drug-likeness (QED) is 0.810. The molecule has 0 bridgehead atoms. The monoisotopic (exact) mass is 365 g/mol. The zero-order chi connectivity index (χ0) is 16.3. The summed E-state index contributed by atoms with van der Waals surface area (Å²) in [5.41, 5.74) is 0.220. The molecule has 2 amide bonds. The topological polar surface area (TPSA) is 78.5 Å². The van der Waals surface area contributed by atoms with E-state index in [2.05, 4.69) is 10.6 Å². The van der Waals surface area contributed by atoms with Crippen LogP contribution in [0, 0.1) is 0 Å². The highest BCUT2D eigenvalue weighted by atomic mass is 35.5. The molecule has 122 valence electrons. The summed E-state index contributed by atoms with van der Waals surface area (Å²) < 4.78 is 25.1. The summed E-state index contributed by atoms with van der Waals surface area (Å²) in [5.74, 6) is 0. The number of halogens is 2. The third-order valence-electron chi connectivity index (χ3n) is 3.10. The van der Waals surface area contributed by atoms with Crippen molar-refractivity contribution in [2.24, 2.45) is 0 Å². The molecule has 2 rings (SSSR count). The van der Waals surface area contributed by atoms with Crippen LogP contribution in [0.3, 0.4) is 0 Å². The van der Waals surface area contributed by atoms with E-state index in [4.69, 9.17) is 23.2 Å². The maximum absolute atomic E-state index is 12.0. The van der Waals surface area contributed by atoms with Crippen LogP contribution < -0.4 is 14.9 Å². The molecule has 1 aliphatic rings. The fourth-order valence-electron chi connectivity index (χ4n) is 1.91. The minimum absolute atomic E-state index is 0.0420. The van der Waals surface area contributed by atoms with Crippen molar-refractivity contribution in [1.82, 2.24) is 10.6 Å². The normalized spacial score (nSPS) is 14.5. The summed E-state index contributed by atoms with van der Waals surface area (Å²) in [4.78, 5) is 11.6. The molecule has 0 heterocycles. The first kappa shape index (κ1) is 17.2. The van der Waals surface area contributed by atoms with E-state index in [-0.39, 0.29) is 40.9 Å². The number of nitrogens with zero attached hydrogens (tertiary/aromatic N) is 1. The summed E-state index contributed by atoms with van der Waals surface area (Å²) in [6.07, 6.45) is 3.03. The van der Waals surface area contributed by atoms with Crippen molar-refractivity contribution in [2.75, 3.05) is 23.7 Å². The Hall–Kier alpha value is -1.18. The van der Waals surface area contributed by atoms with Gasteiger partial charge in [-0.05, 0) is 25.0 Å². The first-order valence-electron chi connectivity index (χ1n) is 6.75. The minimum Gasteiger partial charge on any atom is -0.336 e. The van der Waals surface area contributed by atoms with Gasteiger partial charge in [0.1, 0.15) is 0 Å². The lowest BCUT2D eigenvalue weighted by Crippen LogP contribution is -2.42. The van der Waals surface area contributed by atoms with Crippen LogP contribution in [0.15, 0.2) is 18.2 Å². The van der Waals surface area contributed by atoms with Crippen molar-refractivity contribution in [3.63, 3.8) is 0 Å². The van der Waals surface area contributed by atoms with Gasteiger partial charge in [-0.3, -0.25) is 4.31 Å². The highest BCUT2D eigenvalue weighted by molar-refractivity contribution is 7.92. The summed E-state index contributed by atoms with van der Waals surface area (Å²) in [6.45, 7) is 0.188. The number of urea groups is 1. The van der Waals surface area contributed by atoms with E-state index in [0.29, 0.717) is 0 Å². The van der Waals surface area contributed by atoms with E-state index >= 15 is 0 Å². The van der Waals surface area contributed by atoms with Gasteiger partial charge in [0.15, 0.2) is 0 Å². The molecule has 1 fully saturated rings. The first-order chi connectivity index (χ1) is 10.3. The molecule has 0 aliphatic heterocycles. The number of hydrogen-bond acceptors (Lipinski definition) is 3.